The molecule has 0 bridgehead atoms. The largest absolute Gasteiger partial charge is 0.419 e. The molecule has 3 N–H and O–H groups in total. The van der Waals surface area contributed by atoms with E-state index in [9.17, 15) is 13.6 Å². The number of nitrogen functional groups attached to an aromatic ring is 1. The number of halogens is 3. The van der Waals surface area contributed by atoms with Gasteiger partial charge in [0.2, 0.25) is 0 Å². The van der Waals surface area contributed by atoms with Crippen LogP contribution in [0.1, 0.15) is 10.5 Å². The zero-order valence-corrected chi connectivity index (χ0v) is 11.6. The van der Waals surface area contributed by atoms with Gasteiger partial charge in [0.05, 0.1) is 22.4 Å². The Bertz CT molecular complexity index is 895. The number of benzene rings is 1. The monoisotopic (exact) mass is 323 g/mol. The maximum atomic E-state index is 14.2. The Hall–Kier alpha value is -2.67. The van der Waals surface area contributed by atoms with Crippen molar-refractivity contribution in [3.05, 3.63) is 52.9 Å². The van der Waals surface area contributed by atoms with Gasteiger partial charge >= 0.3 is 5.97 Å². The summed E-state index contributed by atoms with van der Waals surface area (Å²) in [6.07, 6.45) is 2.29. The lowest BCUT2D eigenvalue weighted by Crippen LogP contribution is -2.13. The summed E-state index contributed by atoms with van der Waals surface area (Å²) in [5.41, 5.74) is 4.74. The van der Waals surface area contributed by atoms with Crippen molar-refractivity contribution >= 4 is 34.2 Å². The van der Waals surface area contributed by atoms with Crippen LogP contribution in [0, 0.1) is 11.6 Å². The van der Waals surface area contributed by atoms with Gasteiger partial charge in [-0.05, 0) is 18.2 Å². The number of hydrogen-bond acceptors (Lipinski definition) is 4. The maximum absolute atomic E-state index is 14.2. The van der Waals surface area contributed by atoms with Crippen molar-refractivity contribution in [1.29, 1.82) is 0 Å². The number of nitrogens with two attached hydrogens (primary N) is 1. The summed E-state index contributed by atoms with van der Waals surface area (Å²) in [7, 11) is 0. The van der Waals surface area contributed by atoms with Crippen molar-refractivity contribution in [2.75, 3.05) is 5.73 Å². The lowest BCUT2D eigenvalue weighted by Gasteiger charge is -2.08. The van der Waals surface area contributed by atoms with Crippen LogP contribution in [-0.4, -0.2) is 15.9 Å². The molecule has 0 aliphatic heterocycles. The van der Waals surface area contributed by atoms with Crippen molar-refractivity contribution in [2.24, 2.45) is 0 Å². The first-order chi connectivity index (χ1) is 10.5. The standard InChI is InChI=1S/C14H8ClF2N3O2/c15-9-11(18)7(16)5-20-13(9)14(21)22-8-2-1-6-3-4-19-12(6)10(8)17/h1-5,19H,(H2,18,20). The van der Waals surface area contributed by atoms with Crippen molar-refractivity contribution in [2.45, 2.75) is 0 Å². The van der Waals surface area contributed by atoms with Crippen LogP contribution in [0.4, 0.5) is 14.5 Å². The summed E-state index contributed by atoms with van der Waals surface area (Å²) in [5, 5.41) is 0.242. The molecule has 2 aromatic heterocycles. The summed E-state index contributed by atoms with van der Waals surface area (Å²) in [5.74, 6) is -2.94. The molecule has 0 spiro atoms. The van der Waals surface area contributed by atoms with E-state index in [2.05, 4.69) is 9.97 Å². The topological polar surface area (TPSA) is 81.0 Å². The number of carbonyl (C=O) groups is 1. The van der Waals surface area contributed by atoms with Crippen LogP contribution in [0.25, 0.3) is 10.9 Å². The first-order valence-electron chi connectivity index (χ1n) is 6.06. The minimum Gasteiger partial charge on any atom is -0.419 e. The van der Waals surface area contributed by atoms with Crippen molar-refractivity contribution in [1.82, 2.24) is 9.97 Å². The number of nitrogens with one attached hydrogen (secondary N) is 1. The third-order valence-electron chi connectivity index (χ3n) is 3.03. The molecule has 1 aromatic carbocycles. The van der Waals surface area contributed by atoms with Gasteiger partial charge in [-0.2, -0.15) is 0 Å². The van der Waals surface area contributed by atoms with Crippen LogP contribution in [-0.2, 0) is 0 Å². The fourth-order valence-electron chi connectivity index (χ4n) is 1.92. The second-order valence-corrected chi connectivity index (χ2v) is 4.77. The van der Waals surface area contributed by atoms with E-state index in [1.807, 2.05) is 0 Å². The van der Waals surface area contributed by atoms with Gasteiger partial charge in [0.15, 0.2) is 23.1 Å². The molecule has 112 valence electrons. The lowest BCUT2D eigenvalue weighted by molar-refractivity contribution is 0.0722. The van der Waals surface area contributed by atoms with Crippen molar-refractivity contribution in [3.8, 4) is 5.75 Å². The molecule has 8 heteroatoms. The molecule has 0 saturated carbocycles. The Morgan fingerprint density at radius 1 is 1.32 bits per heavy atom. The Morgan fingerprint density at radius 2 is 2.09 bits per heavy atom. The van der Waals surface area contributed by atoms with Crippen LogP contribution in [0.2, 0.25) is 5.02 Å². The third-order valence-corrected chi connectivity index (χ3v) is 3.42. The molecule has 0 saturated heterocycles. The summed E-state index contributed by atoms with van der Waals surface area (Å²) in [6, 6.07) is 4.54. The summed E-state index contributed by atoms with van der Waals surface area (Å²) in [4.78, 5) is 18.2. The van der Waals surface area contributed by atoms with E-state index in [1.165, 1.54) is 6.07 Å². The molecule has 5 nitrogen and oxygen atoms in total. The second-order valence-electron chi connectivity index (χ2n) is 4.39. The number of anilines is 1. The van der Waals surface area contributed by atoms with E-state index >= 15 is 0 Å². The van der Waals surface area contributed by atoms with Gasteiger partial charge in [-0.3, -0.25) is 0 Å². The highest BCUT2D eigenvalue weighted by Crippen LogP contribution is 2.28. The molecule has 0 fully saturated rings. The summed E-state index contributed by atoms with van der Waals surface area (Å²) >= 11 is 5.75. The average Bonchev–Trinajstić information content (AvgIpc) is 2.97. The lowest BCUT2D eigenvalue weighted by atomic mass is 10.2. The molecule has 3 aromatic rings. The van der Waals surface area contributed by atoms with Gasteiger partial charge < -0.3 is 15.5 Å². The Kier molecular flexibility index (Phi) is 3.42. The van der Waals surface area contributed by atoms with E-state index < -0.39 is 29.0 Å². The van der Waals surface area contributed by atoms with Crippen LogP contribution < -0.4 is 10.5 Å². The Morgan fingerprint density at radius 3 is 2.86 bits per heavy atom. The van der Waals surface area contributed by atoms with E-state index in [-0.39, 0.29) is 16.3 Å². The summed E-state index contributed by atoms with van der Waals surface area (Å²) < 4.78 is 32.3. The number of aromatic amines is 1. The normalized spacial score (nSPS) is 10.9. The number of aromatic nitrogens is 2. The quantitative estimate of drug-likeness (QED) is 0.560. The predicted octanol–water partition coefficient (Wildman–Crippen LogP) is 3.30. The molecule has 22 heavy (non-hydrogen) atoms. The Balaban J connectivity index is 1.96. The second kappa shape index (κ2) is 5.27. The minimum absolute atomic E-state index is 0.197. The third kappa shape index (κ3) is 2.25. The van der Waals surface area contributed by atoms with E-state index in [4.69, 9.17) is 22.1 Å². The maximum Gasteiger partial charge on any atom is 0.364 e. The molecule has 0 atom stereocenters. The van der Waals surface area contributed by atoms with Gasteiger partial charge in [0.25, 0.3) is 0 Å². The van der Waals surface area contributed by atoms with Gasteiger partial charge in [0, 0.05) is 11.6 Å². The van der Waals surface area contributed by atoms with Crippen molar-refractivity contribution < 1.29 is 18.3 Å². The predicted molar refractivity (Wildman–Crippen MR) is 76.8 cm³/mol. The van der Waals surface area contributed by atoms with Gasteiger partial charge in [-0.1, -0.05) is 11.6 Å². The van der Waals surface area contributed by atoms with Crippen molar-refractivity contribution in [3.63, 3.8) is 0 Å². The van der Waals surface area contributed by atoms with E-state index in [0.29, 0.717) is 5.39 Å². The fraction of sp³-hybridized carbons (Fsp3) is 0. The zero-order chi connectivity index (χ0) is 15.9. The van der Waals surface area contributed by atoms with Crippen LogP contribution in [0.5, 0.6) is 5.75 Å². The molecule has 0 unspecified atom stereocenters. The van der Waals surface area contributed by atoms with E-state index in [1.54, 1.807) is 18.3 Å². The fourth-order valence-corrected chi connectivity index (χ4v) is 2.14. The number of rotatable bonds is 2. The van der Waals surface area contributed by atoms with Gasteiger partial charge in [-0.25, -0.2) is 18.6 Å². The number of pyridine rings is 1. The minimum atomic E-state index is -1.04. The number of ether oxygens (including phenoxy) is 1. The molecule has 0 aliphatic rings. The molecular weight excluding hydrogens is 316 g/mol. The molecule has 3 rings (SSSR count). The number of carbonyl (C=O) groups excluding carboxylic acids is 1. The summed E-state index contributed by atoms with van der Waals surface area (Å²) in [6.45, 7) is 0. The number of esters is 1. The molecular formula is C14H8ClF2N3O2. The van der Waals surface area contributed by atoms with Gasteiger partial charge in [0.1, 0.15) is 0 Å². The highest BCUT2D eigenvalue weighted by atomic mass is 35.5. The molecule has 2 heterocycles. The first kappa shape index (κ1) is 14.3. The van der Waals surface area contributed by atoms with Crippen LogP contribution >= 0.6 is 11.6 Å². The first-order valence-corrected chi connectivity index (χ1v) is 6.44. The average molecular weight is 324 g/mol. The number of hydrogen-bond donors (Lipinski definition) is 2. The SMILES string of the molecule is Nc1c(F)cnc(C(=O)Oc2ccc3cc[nH]c3c2F)c1Cl. The molecule has 0 aliphatic carbocycles. The smallest absolute Gasteiger partial charge is 0.364 e. The molecule has 0 radical (unpaired) electrons. The molecule has 0 amide bonds. The van der Waals surface area contributed by atoms with E-state index in [0.717, 1.165) is 6.20 Å². The van der Waals surface area contributed by atoms with Crippen LogP contribution in [0.3, 0.4) is 0 Å². The van der Waals surface area contributed by atoms with Gasteiger partial charge in [-0.15, -0.1) is 0 Å². The number of nitrogens with zero attached hydrogens (tertiary/aromatic N) is 1. The Labute approximate surface area is 127 Å². The number of H-pyrrole nitrogens is 1. The highest BCUT2D eigenvalue weighted by Gasteiger charge is 2.21. The van der Waals surface area contributed by atoms with Crippen LogP contribution in [0.15, 0.2) is 30.6 Å². The zero-order valence-electron chi connectivity index (χ0n) is 10.9. The highest BCUT2D eigenvalue weighted by molar-refractivity contribution is 6.35. The number of fused-ring (bicyclic) bond motifs is 1.